The van der Waals surface area contributed by atoms with Gasteiger partial charge in [-0.15, -0.1) is 0 Å². The van der Waals surface area contributed by atoms with Crippen molar-refractivity contribution in [1.82, 2.24) is 15.5 Å². The van der Waals surface area contributed by atoms with E-state index in [2.05, 4.69) is 15.5 Å². The highest BCUT2D eigenvalue weighted by atomic mass is 16.5. The monoisotopic (exact) mass is 317 g/mol. The fourth-order valence-corrected chi connectivity index (χ4v) is 3.64. The number of nitrogens with one attached hydrogen (secondary N) is 2. The van der Waals surface area contributed by atoms with Gasteiger partial charge in [-0.2, -0.15) is 0 Å². The van der Waals surface area contributed by atoms with Crippen LogP contribution in [0.15, 0.2) is 30.3 Å². The van der Waals surface area contributed by atoms with Crippen LogP contribution >= 0.6 is 0 Å². The van der Waals surface area contributed by atoms with E-state index in [0.29, 0.717) is 31.8 Å². The van der Waals surface area contributed by atoms with E-state index < -0.39 is 0 Å². The molecule has 2 heterocycles. The van der Waals surface area contributed by atoms with Crippen LogP contribution in [0.5, 0.6) is 0 Å². The maximum absolute atomic E-state index is 12.0. The maximum Gasteiger partial charge on any atom is 0.315 e. The lowest BCUT2D eigenvalue weighted by Crippen LogP contribution is -2.50. The molecule has 2 saturated heterocycles. The van der Waals surface area contributed by atoms with Crippen molar-refractivity contribution in [2.45, 2.75) is 44.4 Å². The summed E-state index contributed by atoms with van der Waals surface area (Å²) in [5.74, 6) is 0. The van der Waals surface area contributed by atoms with Gasteiger partial charge in [0.2, 0.25) is 0 Å². The minimum Gasteiger partial charge on any atom is -0.375 e. The smallest absolute Gasteiger partial charge is 0.315 e. The number of urea groups is 1. The average molecular weight is 317 g/mol. The number of amides is 2. The number of nitrogens with zero attached hydrogens (tertiary/aromatic N) is 1. The van der Waals surface area contributed by atoms with Gasteiger partial charge in [0.15, 0.2) is 0 Å². The summed E-state index contributed by atoms with van der Waals surface area (Å²) < 4.78 is 5.58. The molecule has 3 rings (SSSR count). The van der Waals surface area contributed by atoms with E-state index in [-0.39, 0.29) is 6.03 Å². The Balaban J connectivity index is 1.29. The van der Waals surface area contributed by atoms with Crippen molar-refractivity contribution in [2.24, 2.45) is 0 Å². The first kappa shape index (κ1) is 16.3. The molecule has 2 atom stereocenters. The quantitative estimate of drug-likeness (QED) is 0.790. The summed E-state index contributed by atoms with van der Waals surface area (Å²) in [4.78, 5) is 14.5. The number of benzene rings is 1. The van der Waals surface area contributed by atoms with Crippen LogP contribution in [-0.4, -0.2) is 49.3 Å². The molecule has 2 aliphatic rings. The summed E-state index contributed by atoms with van der Waals surface area (Å²) in [5.41, 5.74) is 1.15. The van der Waals surface area contributed by atoms with Crippen molar-refractivity contribution in [3.63, 3.8) is 0 Å². The van der Waals surface area contributed by atoms with Crippen molar-refractivity contribution < 1.29 is 9.53 Å². The highest BCUT2D eigenvalue weighted by Gasteiger charge is 2.36. The lowest BCUT2D eigenvalue weighted by atomic mass is 9.99. The number of hydrogen-bond acceptors (Lipinski definition) is 3. The molecule has 0 unspecified atom stereocenters. The van der Waals surface area contributed by atoms with E-state index in [4.69, 9.17) is 4.74 Å². The minimum absolute atomic E-state index is 0.0641. The van der Waals surface area contributed by atoms with Crippen LogP contribution in [0.25, 0.3) is 0 Å². The predicted octanol–water partition coefficient (Wildman–Crippen LogP) is 2.13. The second-order valence-electron chi connectivity index (χ2n) is 6.43. The van der Waals surface area contributed by atoms with Gasteiger partial charge in [-0.3, -0.25) is 4.90 Å². The molecule has 5 nitrogen and oxygen atoms in total. The highest BCUT2D eigenvalue weighted by Crippen LogP contribution is 2.26. The summed E-state index contributed by atoms with van der Waals surface area (Å²) in [6, 6.07) is 10.9. The van der Waals surface area contributed by atoms with Crippen molar-refractivity contribution in [2.75, 3.05) is 26.2 Å². The number of piperidine rings is 1. The van der Waals surface area contributed by atoms with Gasteiger partial charge in [0.1, 0.15) is 0 Å². The summed E-state index contributed by atoms with van der Waals surface area (Å²) in [6.07, 6.45) is 4.87. The van der Waals surface area contributed by atoms with Crippen molar-refractivity contribution >= 4 is 6.03 Å². The second kappa shape index (κ2) is 8.31. The molecule has 0 aliphatic carbocycles. The zero-order valence-corrected chi connectivity index (χ0v) is 13.7. The first-order valence-electron chi connectivity index (χ1n) is 8.73. The van der Waals surface area contributed by atoms with Gasteiger partial charge >= 0.3 is 6.03 Å². The normalized spacial score (nSPS) is 24.2. The Bertz CT molecular complexity index is 494. The molecule has 2 N–H and O–H groups in total. The van der Waals surface area contributed by atoms with Gasteiger partial charge in [0.25, 0.3) is 0 Å². The molecule has 2 fully saturated rings. The molecule has 126 valence electrons. The number of ether oxygens (including phenoxy) is 1. The molecule has 1 aromatic rings. The van der Waals surface area contributed by atoms with E-state index in [1.165, 1.54) is 25.8 Å². The molecule has 0 saturated carbocycles. The van der Waals surface area contributed by atoms with Crippen LogP contribution in [0, 0.1) is 0 Å². The van der Waals surface area contributed by atoms with Crippen LogP contribution in [0.3, 0.4) is 0 Å². The second-order valence-corrected chi connectivity index (χ2v) is 6.43. The van der Waals surface area contributed by atoms with Gasteiger partial charge in [-0.25, -0.2) is 4.79 Å². The molecule has 0 spiro atoms. The molecular formula is C18H27N3O2. The summed E-state index contributed by atoms with van der Waals surface area (Å²) in [7, 11) is 0. The Kier molecular flexibility index (Phi) is 5.88. The number of carbonyl (C=O) groups is 1. The molecule has 23 heavy (non-hydrogen) atoms. The van der Waals surface area contributed by atoms with Crippen LogP contribution in [-0.2, 0) is 11.3 Å². The Morgan fingerprint density at radius 1 is 1.17 bits per heavy atom. The zero-order valence-electron chi connectivity index (χ0n) is 13.7. The first-order chi connectivity index (χ1) is 11.3. The number of carbonyl (C=O) groups excluding carboxylic acids is 1. The maximum atomic E-state index is 12.0. The fraction of sp³-hybridized carbons (Fsp3) is 0.611. The third-order valence-electron chi connectivity index (χ3n) is 4.82. The summed E-state index contributed by atoms with van der Waals surface area (Å²) in [6.45, 7) is 3.97. The first-order valence-corrected chi connectivity index (χ1v) is 8.73. The molecule has 2 amide bonds. The molecule has 0 aromatic heterocycles. The Labute approximate surface area is 138 Å². The number of fused-ring (bicyclic) bond motifs is 1. The van der Waals surface area contributed by atoms with E-state index in [0.717, 1.165) is 18.5 Å². The Hall–Kier alpha value is -1.59. The topological polar surface area (TPSA) is 53.6 Å². The zero-order chi connectivity index (χ0) is 15.9. The van der Waals surface area contributed by atoms with Gasteiger partial charge < -0.3 is 15.4 Å². The summed E-state index contributed by atoms with van der Waals surface area (Å²) >= 11 is 0. The largest absolute Gasteiger partial charge is 0.375 e. The number of rotatable bonds is 6. The number of hydrogen-bond donors (Lipinski definition) is 2. The molecule has 1 aromatic carbocycles. The SMILES string of the molecule is O=C(NCCOCc1ccccc1)N[C@@H]1CCN2CCCC[C@H]12. The van der Waals surface area contributed by atoms with E-state index in [1.54, 1.807) is 0 Å². The molecule has 2 aliphatic heterocycles. The molecule has 5 heteroatoms. The van der Waals surface area contributed by atoms with E-state index >= 15 is 0 Å². The Morgan fingerprint density at radius 3 is 2.91 bits per heavy atom. The third kappa shape index (κ3) is 4.69. The fourth-order valence-electron chi connectivity index (χ4n) is 3.64. The van der Waals surface area contributed by atoms with Crippen molar-refractivity contribution in [3.8, 4) is 0 Å². The van der Waals surface area contributed by atoms with Gasteiger partial charge in [-0.1, -0.05) is 36.8 Å². The van der Waals surface area contributed by atoms with Crippen LogP contribution in [0.2, 0.25) is 0 Å². The van der Waals surface area contributed by atoms with Gasteiger partial charge in [0.05, 0.1) is 13.2 Å². The van der Waals surface area contributed by atoms with Gasteiger partial charge in [-0.05, 0) is 31.4 Å². The summed E-state index contributed by atoms with van der Waals surface area (Å²) in [5, 5.41) is 6.04. The molecule has 0 bridgehead atoms. The lowest BCUT2D eigenvalue weighted by Gasteiger charge is -2.32. The standard InChI is InChI=1S/C18H27N3O2/c22-18(19-10-13-23-14-15-6-2-1-3-7-15)20-16-9-12-21-11-5-4-8-17(16)21/h1-3,6-7,16-17H,4-5,8-14H2,(H2,19,20,22)/t16-,17-/m1/s1. The average Bonchev–Trinajstić information content (AvgIpc) is 2.99. The van der Waals surface area contributed by atoms with Crippen LogP contribution in [0.4, 0.5) is 4.79 Å². The molecular weight excluding hydrogens is 290 g/mol. The Morgan fingerprint density at radius 2 is 2.04 bits per heavy atom. The third-order valence-corrected chi connectivity index (χ3v) is 4.82. The highest BCUT2D eigenvalue weighted by molar-refractivity contribution is 5.74. The minimum atomic E-state index is -0.0641. The van der Waals surface area contributed by atoms with E-state index in [9.17, 15) is 4.79 Å². The predicted molar refractivity (Wildman–Crippen MR) is 90.2 cm³/mol. The van der Waals surface area contributed by atoms with Crippen LogP contribution < -0.4 is 10.6 Å². The van der Waals surface area contributed by atoms with E-state index in [1.807, 2.05) is 30.3 Å². The lowest BCUT2D eigenvalue weighted by molar-refractivity contribution is 0.123. The van der Waals surface area contributed by atoms with Crippen LogP contribution in [0.1, 0.15) is 31.2 Å². The molecule has 0 radical (unpaired) electrons. The van der Waals surface area contributed by atoms with Gasteiger partial charge in [0, 0.05) is 25.2 Å². The van der Waals surface area contributed by atoms with Crippen molar-refractivity contribution in [3.05, 3.63) is 35.9 Å². The van der Waals surface area contributed by atoms with Crippen molar-refractivity contribution in [1.29, 1.82) is 0 Å².